The average Bonchev–Trinajstić information content (AvgIpc) is 3.48. The number of aromatic carboxylic acids is 1. The first-order valence-electron chi connectivity index (χ1n) is 11.3. The number of hydrogen-bond acceptors (Lipinski definition) is 7. The van der Waals surface area contributed by atoms with Gasteiger partial charge in [0.25, 0.3) is 11.8 Å². The molecule has 2 aromatic carbocycles. The minimum Gasteiger partial charge on any atom is -0.477 e. The number of amides is 2. The molecule has 0 saturated carbocycles. The number of carboxylic acid groups (broad SMARTS) is 1. The molecule has 5 rings (SSSR count). The smallest absolute Gasteiger partial charge is 0.345 e. The lowest BCUT2D eigenvalue weighted by atomic mass is 10.1. The summed E-state index contributed by atoms with van der Waals surface area (Å²) < 4.78 is 5.38. The second-order valence-electron chi connectivity index (χ2n) is 8.27. The summed E-state index contributed by atoms with van der Waals surface area (Å²) >= 11 is 1.03. The predicted molar refractivity (Wildman–Crippen MR) is 136 cm³/mol. The Bertz CT molecular complexity index is 1420. The van der Waals surface area contributed by atoms with Crippen LogP contribution in [-0.2, 0) is 11.3 Å². The van der Waals surface area contributed by atoms with Crippen LogP contribution in [0.2, 0.25) is 0 Å². The van der Waals surface area contributed by atoms with Crippen molar-refractivity contribution in [2.45, 2.75) is 6.54 Å². The molecule has 2 aromatic heterocycles. The predicted octanol–water partition coefficient (Wildman–Crippen LogP) is 3.66. The molecule has 0 unspecified atom stereocenters. The van der Waals surface area contributed by atoms with Crippen LogP contribution in [0.5, 0.6) is 0 Å². The molecular weight excluding hydrogens is 482 g/mol. The molecule has 1 saturated heterocycles. The van der Waals surface area contributed by atoms with Gasteiger partial charge in [-0.15, -0.1) is 11.3 Å². The van der Waals surface area contributed by atoms with Crippen LogP contribution in [0.4, 0.5) is 11.5 Å². The number of hydrogen-bond donors (Lipinski definition) is 4. The van der Waals surface area contributed by atoms with Crippen molar-refractivity contribution in [2.75, 3.05) is 36.9 Å². The number of nitrogens with zero attached hydrogens (tertiary/aromatic N) is 2. The second-order valence-corrected chi connectivity index (χ2v) is 9.32. The van der Waals surface area contributed by atoms with Crippen molar-refractivity contribution in [3.8, 4) is 0 Å². The van der Waals surface area contributed by atoms with Crippen molar-refractivity contribution >= 4 is 50.8 Å². The van der Waals surface area contributed by atoms with E-state index in [2.05, 4.69) is 25.7 Å². The van der Waals surface area contributed by atoms with E-state index in [1.165, 1.54) is 6.07 Å². The van der Waals surface area contributed by atoms with Crippen LogP contribution in [0.25, 0.3) is 10.2 Å². The zero-order chi connectivity index (χ0) is 25.1. The van der Waals surface area contributed by atoms with Gasteiger partial charge >= 0.3 is 5.97 Å². The van der Waals surface area contributed by atoms with E-state index in [1.54, 1.807) is 36.4 Å². The van der Waals surface area contributed by atoms with E-state index in [9.17, 15) is 19.5 Å². The highest BCUT2D eigenvalue weighted by Gasteiger charge is 2.19. The summed E-state index contributed by atoms with van der Waals surface area (Å²) in [7, 11) is 0. The minimum absolute atomic E-state index is 0.137. The summed E-state index contributed by atoms with van der Waals surface area (Å²) in [5, 5.41) is 22.0. The largest absolute Gasteiger partial charge is 0.477 e. The number of fused-ring (bicyclic) bond motifs is 1. The number of H-pyrrole nitrogens is 1. The lowest BCUT2D eigenvalue weighted by Crippen LogP contribution is -2.35. The number of anilines is 2. The molecule has 10 nitrogen and oxygen atoms in total. The summed E-state index contributed by atoms with van der Waals surface area (Å²) in [6.45, 7) is 4.03. The Labute approximate surface area is 209 Å². The van der Waals surface area contributed by atoms with Crippen LogP contribution >= 0.6 is 11.3 Å². The van der Waals surface area contributed by atoms with Gasteiger partial charge in [0.05, 0.1) is 29.9 Å². The fourth-order valence-electron chi connectivity index (χ4n) is 3.96. The van der Waals surface area contributed by atoms with Gasteiger partial charge in [-0.3, -0.25) is 19.6 Å². The molecule has 1 fully saturated rings. The van der Waals surface area contributed by atoms with Crippen molar-refractivity contribution in [2.24, 2.45) is 0 Å². The Kier molecular flexibility index (Phi) is 6.76. The quantitative estimate of drug-likeness (QED) is 0.301. The van der Waals surface area contributed by atoms with Gasteiger partial charge in [0.2, 0.25) is 0 Å². The van der Waals surface area contributed by atoms with Crippen molar-refractivity contribution in [1.29, 1.82) is 0 Å². The zero-order valence-corrected chi connectivity index (χ0v) is 19.9. The highest BCUT2D eigenvalue weighted by molar-refractivity contribution is 7.20. The molecule has 0 bridgehead atoms. The maximum absolute atomic E-state index is 13.0. The van der Waals surface area contributed by atoms with E-state index >= 15 is 0 Å². The molecule has 0 aliphatic carbocycles. The number of benzene rings is 2. The van der Waals surface area contributed by atoms with E-state index in [4.69, 9.17) is 4.74 Å². The van der Waals surface area contributed by atoms with Crippen LogP contribution in [0.15, 0.2) is 54.6 Å². The Morgan fingerprint density at radius 3 is 2.53 bits per heavy atom. The number of aromatic amines is 1. The Hall–Kier alpha value is -4.06. The first-order valence-corrected chi connectivity index (χ1v) is 12.1. The molecular formula is C25H23N5O5S. The van der Waals surface area contributed by atoms with Gasteiger partial charge in [0.1, 0.15) is 9.71 Å². The molecule has 4 aromatic rings. The summed E-state index contributed by atoms with van der Waals surface area (Å²) in [6.07, 6.45) is 0. The van der Waals surface area contributed by atoms with Crippen LogP contribution in [0.1, 0.15) is 36.0 Å². The number of carbonyl (C=O) groups excluding carboxylic acids is 2. The van der Waals surface area contributed by atoms with Gasteiger partial charge in [-0.2, -0.15) is 5.10 Å². The number of ether oxygens (including phenoxy) is 1. The normalized spacial score (nSPS) is 14.0. The molecule has 0 atom stereocenters. The van der Waals surface area contributed by atoms with Gasteiger partial charge in [0.15, 0.2) is 5.82 Å². The summed E-state index contributed by atoms with van der Waals surface area (Å²) in [5.41, 5.74) is 2.18. The maximum Gasteiger partial charge on any atom is 0.345 e. The Balaban J connectivity index is 1.28. The lowest BCUT2D eigenvalue weighted by Gasteiger charge is -2.26. The topological polar surface area (TPSA) is 137 Å². The van der Waals surface area contributed by atoms with Gasteiger partial charge in [0, 0.05) is 25.2 Å². The lowest BCUT2D eigenvalue weighted by molar-refractivity contribution is 0.0342. The molecule has 1 aliphatic rings. The third kappa shape index (κ3) is 5.13. The summed E-state index contributed by atoms with van der Waals surface area (Å²) in [4.78, 5) is 40.2. The van der Waals surface area contributed by atoms with Crippen molar-refractivity contribution in [3.63, 3.8) is 0 Å². The first-order chi connectivity index (χ1) is 17.5. The van der Waals surface area contributed by atoms with Crippen LogP contribution in [0.3, 0.4) is 0 Å². The van der Waals surface area contributed by atoms with Gasteiger partial charge in [-0.1, -0.05) is 24.3 Å². The molecule has 11 heteroatoms. The molecule has 184 valence electrons. The van der Waals surface area contributed by atoms with Crippen LogP contribution in [-0.4, -0.2) is 64.3 Å². The Morgan fingerprint density at radius 1 is 1.03 bits per heavy atom. The van der Waals surface area contributed by atoms with E-state index in [0.29, 0.717) is 21.5 Å². The number of aromatic nitrogens is 2. The van der Waals surface area contributed by atoms with Gasteiger partial charge in [-0.25, -0.2) is 4.79 Å². The van der Waals surface area contributed by atoms with Gasteiger partial charge in [-0.05, 0) is 35.9 Å². The average molecular weight is 506 g/mol. The molecule has 2 amide bonds. The summed E-state index contributed by atoms with van der Waals surface area (Å²) in [5.74, 6) is -1.65. The second kappa shape index (κ2) is 10.3. The Morgan fingerprint density at radius 2 is 1.78 bits per heavy atom. The number of thiophene rings is 1. The minimum atomic E-state index is -1.05. The van der Waals surface area contributed by atoms with E-state index < -0.39 is 11.9 Å². The summed E-state index contributed by atoms with van der Waals surface area (Å²) in [6, 6.07) is 15.5. The molecule has 3 heterocycles. The fourth-order valence-corrected chi connectivity index (χ4v) is 4.80. The fraction of sp³-hybridized carbons (Fsp3) is 0.200. The van der Waals surface area contributed by atoms with Crippen molar-refractivity contribution in [3.05, 3.63) is 76.2 Å². The number of para-hydroxylation sites is 1. The zero-order valence-electron chi connectivity index (χ0n) is 19.1. The number of carboxylic acids is 1. The van der Waals surface area contributed by atoms with E-state index in [1.807, 2.05) is 12.1 Å². The first kappa shape index (κ1) is 23.7. The number of morpholine rings is 1. The van der Waals surface area contributed by atoms with Crippen molar-refractivity contribution in [1.82, 2.24) is 15.1 Å². The number of carbonyl (C=O) groups is 3. The van der Waals surface area contributed by atoms with Crippen molar-refractivity contribution < 1.29 is 24.2 Å². The third-order valence-corrected chi connectivity index (χ3v) is 6.87. The number of rotatable bonds is 7. The van der Waals surface area contributed by atoms with E-state index in [0.717, 1.165) is 49.7 Å². The standard InChI is InChI=1S/C25H23N5O5S/c31-22(16-7-5-15(6-8-16)14-30-9-11-35-12-10-30)26-19-4-2-1-3-17(19)23(32)27-21-18-13-20(25(33)34)36-24(18)29-28-21/h1-8,13H,9-12,14H2,(H,26,31)(H,33,34)(H2,27,28,29,32). The maximum atomic E-state index is 13.0. The SMILES string of the molecule is O=C(Nc1ccccc1C(=O)Nc1n[nH]c2sc(C(=O)O)cc12)c1ccc(CN2CCOCC2)cc1. The highest BCUT2D eigenvalue weighted by Crippen LogP contribution is 2.30. The van der Waals surface area contributed by atoms with Crippen LogP contribution < -0.4 is 10.6 Å². The molecule has 36 heavy (non-hydrogen) atoms. The molecule has 0 radical (unpaired) electrons. The van der Waals surface area contributed by atoms with Crippen LogP contribution in [0, 0.1) is 0 Å². The molecule has 0 spiro atoms. The monoisotopic (exact) mass is 505 g/mol. The van der Waals surface area contributed by atoms with E-state index in [-0.39, 0.29) is 22.2 Å². The third-order valence-electron chi connectivity index (χ3n) is 5.85. The highest BCUT2D eigenvalue weighted by atomic mass is 32.1. The molecule has 1 aliphatic heterocycles. The molecule has 4 N–H and O–H groups in total. The number of nitrogens with one attached hydrogen (secondary N) is 3. The van der Waals surface area contributed by atoms with Gasteiger partial charge < -0.3 is 20.5 Å².